The van der Waals surface area contributed by atoms with Gasteiger partial charge in [-0.25, -0.2) is 0 Å². The average molecular weight is 180 g/mol. The van der Waals surface area contributed by atoms with Gasteiger partial charge < -0.3 is 5.11 Å². The van der Waals surface area contributed by atoms with E-state index in [0.717, 1.165) is 11.5 Å². The van der Waals surface area contributed by atoms with Crippen LogP contribution in [0.1, 0.15) is 20.8 Å². The molecule has 1 heterocycles. The zero-order valence-electron chi connectivity index (χ0n) is 6.83. The second-order valence-electron chi connectivity index (χ2n) is 2.11. The van der Waals surface area contributed by atoms with Crippen LogP contribution in [-0.2, 0) is 0 Å². The first-order chi connectivity index (χ1) is 4.80. The molecule has 2 unspecified atom stereocenters. The van der Waals surface area contributed by atoms with E-state index in [0.29, 0.717) is 5.92 Å². The first-order valence-corrected chi connectivity index (χ1v) is 6.22. The first-order valence-electron chi connectivity index (χ1n) is 3.73. The van der Waals surface area contributed by atoms with Crippen LogP contribution in [0, 0.1) is 5.92 Å². The largest absolute Gasteiger partial charge is 0.392 e. The fourth-order valence-corrected chi connectivity index (χ4v) is 3.29. The van der Waals surface area contributed by atoms with Crippen LogP contribution >= 0.6 is 21.6 Å². The Morgan fingerprint density at radius 3 is 2.00 bits per heavy atom. The SMILES string of the molecule is CC.CC1CSSCC1O. The summed E-state index contributed by atoms with van der Waals surface area (Å²) in [5.41, 5.74) is 0. The molecule has 0 aromatic rings. The Labute approximate surface area is 71.4 Å². The van der Waals surface area contributed by atoms with Gasteiger partial charge in [-0.2, -0.15) is 0 Å². The highest BCUT2D eigenvalue weighted by Gasteiger charge is 2.18. The highest BCUT2D eigenvalue weighted by Crippen LogP contribution is 2.32. The second-order valence-corrected chi connectivity index (χ2v) is 4.67. The van der Waals surface area contributed by atoms with Gasteiger partial charge in [-0.1, -0.05) is 42.4 Å². The van der Waals surface area contributed by atoms with Crippen molar-refractivity contribution < 1.29 is 5.11 Å². The van der Waals surface area contributed by atoms with Crippen molar-refractivity contribution in [2.24, 2.45) is 5.92 Å². The molecule has 2 atom stereocenters. The summed E-state index contributed by atoms with van der Waals surface area (Å²) in [5, 5.41) is 9.14. The molecule has 1 fully saturated rings. The molecule has 3 heteroatoms. The van der Waals surface area contributed by atoms with Gasteiger partial charge in [-0.15, -0.1) is 0 Å². The quantitative estimate of drug-likeness (QED) is 0.578. The molecule has 1 N–H and O–H groups in total. The van der Waals surface area contributed by atoms with Gasteiger partial charge in [-0.05, 0) is 5.92 Å². The van der Waals surface area contributed by atoms with Crippen LogP contribution in [0.2, 0.25) is 0 Å². The summed E-state index contributed by atoms with van der Waals surface area (Å²) in [7, 11) is 3.64. The zero-order chi connectivity index (χ0) is 7.98. The number of aliphatic hydroxyl groups excluding tert-OH is 1. The van der Waals surface area contributed by atoms with E-state index in [4.69, 9.17) is 5.11 Å². The topological polar surface area (TPSA) is 20.2 Å². The van der Waals surface area contributed by atoms with E-state index >= 15 is 0 Å². The van der Waals surface area contributed by atoms with Gasteiger partial charge in [0.2, 0.25) is 0 Å². The molecule has 10 heavy (non-hydrogen) atoms. The second kappa shape index (κ2) is 6.38. The molecule has 0 amide bonds. The summed E-state index contributed by atoms with van der Waals surface area (Å²) >= 11 is 0. The maximum Gasteiger partial charge on any atom is 0.0672 e. The normalized spacial score (nSPS) is 32.4. The Kier molecular flexibility index (Phi) is 6.80. The number of hydrogen-bond acceptors (Lipinski definition) is 3. The van der Waals surface area contributed by atoms with Crippen molar-refractivity contribution in [3.63, 3.8) is 0 Å². The minimum Gasteiger partial charge on any atom is -0.392 e. The van der Waals surface area contributed by atoms with Gasteiger partial charge in [0.05, 0.1) is 6.10 Å². The molecule has 0 aromatic carbocycles. The highest BCUT2D eigenvalue weighted by molar-refractivity contribution is 8.76. The van der Waals surface area contributed by atoms with Crippen molar-refractivity contribution in [3.05, 3.63) is 0 Å². The standard InChI is InChI=1S/C5H10OS2.C2H6/c1-4-2-7-8-3-5(4)6;1-2/h4-6H,2-3H2,1H3;1-2H3. The van der Waals surface area contributed by atoms with Gasteiger partial charge in [0.15, 0.2) is 0 Å². The lowest BCUT2D eigenvalue weighted by atomic mass is 10.1. The molecular formula is C7H16OS2. The minimum atomic E-state index is -0.0544. The predicted molar refractivity (Wildman–Crippen MR) is 51.4 cm³/mol. The average Bonchev–Trinajstić information content (AvgIpc) is 2.00. The molecule has 0 aromatic heterocycles. The van der Waals surface area contributed by atoms with Crippen LogP contribution in [-0.4, -0.2) is 22.7 Å². The van der Waals surface area contributed by atoms with Crippen LogP contribution in [0.4, 0.5) is 0 Å². The summed E-state index contributed by atoms with van der Waals surface area (Å²) in [5.74, 6) is 2.51. The van der Waals surface area contributed by atoms with Gasteiger partial charge in [0.1, 0.15) is 0 Å². The van der Waals surface area contributed by atoms with Crippen molar-refractivity contribution in [1.29, 1.82) is 0 Å². The van der Waals surface area contributed by atoms with E-state index in [1.165, 1.54) is 0 Å². The van der Waals surface area contributed by atoms with Crippen LogP contribution in [0.25, 0.3) is 0 Å². The van der Waals surface area contributed by atoms with Crippen molar-refractivity contribution in [3.8, 4) is 0 Å². The van der Waals surface area contributed by atoms with Crippen molar-refractivity contribution in [2.45, 2.75) is 26.9 Å². The fourth-order valence-electron chi connectivity index (χ4n) is 0.549. The van der Waals surface area contributed by atoms with E-state index in [2.05, 4.69) is 6.92 Å². The number of aliphatic hydroxyl groups is 1. The van der Waals surface area contributed by atoms with E-state index in [-0.39, 0.29) is 6.10 Å². The van der Waals surface area contributed by atoms with Crippen molar-refractivity contribution in [2.75, 3.05) is 11.5 Å². The van der Waals surface area contributed by atoms with Crippen molar-refractivity contribution >= 4 is 21.6 Å². The molecular weight excluding hydrogens is 164 g/mol. The summed E-state index contributed by atoms with van der Waals surface area (Å²) in [6, 6.07) is 0. The molecule has 1 saturated heterocycles. The third kappa shape index (κ3) is 3.74. The van der Waals surface area contributed by atoms with Crippen LogP contribution in [0.5, 0.6) is 0 Å². The molecule has 1 aliphatic rings. The highest BCUT2D eigenvalue weighted by atomic mass is 33.1. The minimum absolute atomic E-state index is 0.0544. The van der Waals surface area contributed by atoms with Gasteiger partial charge in [-0.3, -0.25) is 0 Å². The fraction of sp³-hybridized carbons (Fsp3) is 1.00. The Bertz CT molecular complexity index is 68.0. The summed E-state index contributed by atoms with van der Waals surface area (Å²) in [4.78, 5) is 0. The number of rotatable bonds is 0. The molecule has 0 spiro atoms. The molecule has 1 rings (SSSR count). The van der Waals surface area contributed by atoms with Crippen LogP contribution < -0.4 is 0 Å². The third-order valence-corrected chi connectivity index (χ3v) is 3.93. The zero-order valence-corrected chi connectivity index (χ0v) is 8.47. The molecule has 0 saturated carbocycles. The Morgan fingerprint density at radius 1 is 1.20 bits per heavy atom. The van der Waals surface area contributed by atoms with Gasteiger partial charge >= 0.3 is 0 Å². The summed E-state index contributed by atoms with van der Waals surface area (Å²) in [6.07, 6.45) is -0.0544. The lowest BCUT2D eigenvalue weighted by Gasteiger charge is -2.22. The van der Waals surface area contributed by atoms with Crippen LogP contribution in [0.15, 0.2) is 0 Å². The maximum atomic E-state index is 9.14. The van der Waals surface area contributed by atoms with Crippen molar-refractivity contribution in [1.82, 2.24) is 0 Å². The van der Waals surface area contributed by atoms with Gasteiger partial charge in [0.25, 0.3) is 0 Å². The smallest absolute Gasteiger partial charge is 0.0672 e. The van der Waals surface area contributed by atoms with E-state index in [1.54, 1.807) is 10.8 Å². The Hall–Kier alpha value is 0.660. The lowest BCUT2D eigenvalue weighted by Crippen LogP contribution is -2.24. The third-order valence-electron chi connectivity index (χ3n) is 1.31. The molecule has 62 valence electrons. The molecule has 0 bridgehead atoms. The molecule has 1 nitrogen and oxygen atoms in total. The number of hydrogen-bond donors (Lipinski definition) is 1. The van der Waals surface area contributed by atoms with E-state index in [9.17, 15) is 0 Å². The van der Waals surface area contributed by atoms with E-state index in [1.807, 2.05) is 24.6 Å². The Balaban J connectivity index is 0.000000371. The Morgan fingerprint density at radius 2 is 1.70 bits per heavy atom. The molecule has 1 aliphatic heterocycles. The predicted octanol–water partition coefficient (Wildman–Crippen LogP) is 2.40. The van der Waals surface area contributed by atoms with Crippen LogP contribution in [0.3, 0.4) is 0 Å². The monoisotopic (exact) mass is 180 g/mol. The summed E-state index contributed by atoms with van der Waals surface area (Å²) in [6.45, 7) is 6.09. The van der Waals surface area contributed by atoms with Gasteiger partial charge in [0, 0.05) is 11.5 Å². The molecule has 0 radical (unpaired) electrons. The summed E-state index contributed by atoms with van der Waals surface area (Å²) < 4.78 is 0. The lowest BCUT2D eigenvalue weighted by molar-refractivity contribution is 0.150. The molecule has 0 aliphatic carbocycles. The van der Waals surface area contributed by atoms with E-state index < -0.39 is 0 Å². The first kappa shape index (κ1) is 10.7. The maximum absolute atomic E-state index is 9.14.